The lowest BCUT2D eigenvalue weighted by atomic mass is 10.2. The molecule has 1 heterocycles. The molecule has 0 aromatic heterocycles. The number of nitrogens with one attached hydrogen (secondary N) is 1. The van der Waals surface area contributed by atoms with Crippen molar-refractivity contribution in [1.29, 1.82) is 0 Å². The van der Waals surface area contributed by atoms with Crippen molar-refractivity contribution in [3.63, 3.8) is 0 Å². The highest BCUT2D eigenvalue weighted by atomic mass is 32.2. The molecule has 0 unspecified atom stereocenters. The van der Waals surface area contributed by atoms with E-state index in [1.807, 2.05) is 42.5 Å². The summed E-state index contributed by atoms with van der Waals surface area (Å²) >= 11 is 1.59. The van der Waals surface area contributed by atoms with E-state index >= 15 is 0 Å². The molecule has 138 valence electrons. The molecule has 26 heavy (non-hydrogen) atoms. The van der Waals surface area contributed by atoms with E-state index in [1.54, 1.807) is 26.0 Å². The van der Waals surface area contributed by atoms with Crippen LogP contribution in [0.3, 0.4) is 0 Å². The Kier molecular flexibility index (Phi) is 5.90. The zero-order valence-electron chi connectivity index (χ0n) is 14.6. The van der Waals surface area contributed by atoms with E-state index in [1.165, 1.54) is 0 Å². The van der Waals surface area contributed by atoms with Gasteiger partial charge in [-0.15, -0.1) is 11.8 Å². The Bertz CT molecular complexity index is 765. The zero-order chi connectivity index (χ0) is 18.5. The molecule has 2 atom stereocenters. The molecule has 0 spiro atoms. The van der Waals surface area contributed by atoms with Crippen LogP contribution in [0.1, 0.15) is 16.5 Å². The van der Waals surface area contributed by atoms with Crippen molar-refractivity contribution in [2.75, 3.05) is 20.0 Å². The Morgan fingerprint density at radius 1 is 1.15 bits per heavy atom. The maximum Gasteiger partial charge on any atom is 0.321 e. The van der Waals surface area contributed by atoms with Crippen LogP contribution in [0.2, 0.25) is 0 Å². The smallest absolute Gasteiger partial charge is 0.321 e. The number of carboxylic acid groups (broad SMARTS) is 1. The van der Waals surface area contributed by atoms with Crippen molar-refractivity contribution >= 4 is 17.7 Å². The van der Waals surface area contributed by atoms with Gasteiger partial charge < -0.3 is 19.3 Å². The van der Waals surface area contributed by atoms with Crippen molar-refractivity contribution in [1.82, 2.24) is 5.32 Å². The monoisotopic (exact) mass is 375 g/mol. The summed E-state index contributed by atoms with van der Waals surface area (Å²) in [5.74, 6) is 1.97. The third kappa shape index (κ3) is 4.23. The molecule has 0 amide bonds. The third-order valence-electron chi connectivity index (χ3n) is 4.14. The maximum atomic E-state index is 11.0. The molecule has 0 bridgehead atoms. The van der Waals surface area contributed by atoms with Gasteiger partial charge in [-0.3, -0.25) is 10.1 Å². The number of hydrogen-bond donors (Lipinski definition) is 2. The molecule has 0 saturated carbocycles. The lowest BCUT2D eigenvalue weighted by molar-refractivity contribution is -0.138. The molecule has 1 aliphatic heterocycles. The molecule has 1 fully saturated rings. The normalized spacial score (nSPS) is 19.2. The molecular weight excluding hydrogens is 354 g/mol. The molecule has 2 aromatic carbocycles. The van der Waals surface area contributed by atoms with Gasteiger partial charge in [-0.25, -0.2) is 0 Å². The first-order valence-electron chi connectivity index (χ1n) is 8.15. The van der Waals surface area contributed by atoms with Gasteiger partial charge in [0.2, 0.25) is 0 Å². The molecule has 6 nitrogen and oxygen atoms in total. The number of thioether (sulfide) groups is 1. The second-order valence-corrected chi connectivity index (χ2v) is 6.94. The molecule has 2 N–H and O–H groups in total. The highest BCUT2D eigenvalue weighted by Crippen LogP contribution is 2.33. The molecule has 1 aliphatic rings. The van der Waals surface area contributed by atoms with Crippen LogP contribution in [0.15, 0.2) is 42.5 Å². The molecule has 7 heteroatoms. The second kappa shape index (κ2) is 8.33. The number of ether oxygens (including phenoxy) is 3. The summed E-state index contributed by atoms with van der Waals surface area (Å²) in [7, 11) is 3.24. The first-order valence-corrected chi connectivity index (χ1v) is 9.19. The summed E-state index contributed by atoms with van der Waals surface area (Å²) in [4.78, 5) is 11.0. The summed E-state index contributed by atoms with van der Waals surface area (Å²) in [6.07, 6.45) is 0. The molecule has 0 radical (unpaired) electrons. The second-order valence-electron chi connectivity index (χ2n) is 5.81. The Labute approximate surface area is 156 Å². The number of aliphatic carboxylic acids is 1. The van der Waals surface area contributed by atoms with Crippen LogP contribution in [0, 0.1) is 0 Å². The Morgan fingerprint density at radius 2 is 1.88 bits per heavy atom. The van der Waals surface area contributed by atoms with Crippen molar-refractivity contribution in [3.05, 3.63) is 53.6 Å². The largest absolute Gasteiger partial charge is 0.497 e. The lowest BCUT2D eigenvalue weighted by Crippen LogP contribution is -2.33. The summed E-state index contributed by atoms with van der Waals surface area (Å²) < 4.78 is 16.5. The Hall–Kier alpha value is -2.38. The zero-order valence-corrected chi connectivity index (χ0v) is 15.4. The number of methoxy groups -OCH3 is 2. The fourth-order valence-corrected chi connectivity index (χ4v) is 3.93. The average molecular weight is 375 g/mol. The van der Waals surface area contributed by atoms with Crippen molar-refractivity contribution in [3.8, 4) is 17.2 Å². The van der Waals surface area contributed by atoms with Gasteiger partial charge in [-0.1, -0.05) is 12.1 Å². The minimum absolute atomic E-state index is 0.0105. The van der Waals surface area contributed by atoms with Crippen LogP contribution in [0.25, 0.3) is 0 Å². The molecular formula is C19H21NO5S. The van der Waals surface area contributed by atoms with Crippen LogP contribution in [-0.4, -0.2) is 37.1 Å². The Morgan fingerprint density at radius 3 is 2.50 bits per heavy atom. The summed E-state index contributed by atoms with van der Waals surface area (Å²) in [6, 6.07) is 12.8. The first kappa shape index (κ1) is 18.4. The highest BCUT2D eigenvalue weighted by molar-refractivity contribution is 7.99. The van der Waals surface area contributed by atoms with Crippen LogP contribution in [0.5, 0.6) is 17.2 Å². The van der Waals surface area contributed by atoms with E-state index in [0.717, 1.165) is 28.4 Å². The van der Waals surface area contributed by atoms with Crippen molar-refractivity contribution in [2.45, 2.75) is 18.0 Å². The highest BCUT2D eigenvalue weighted by Gasteiger charge is 2.30. The molecule has 2 aromatic rings. The van der Waals surface area contributed by atoms with Gasteiger partial charge in [0.1, 0.15) is 29.9 Å². The van der Waals surface area contributed by atoms with Gasteiger partial charge in [0.25, 0.3) is 0 Å². The van der Waals surface area contributed by atoms with E-state index < -0.39 is 12.0 Å². The van der Waals surface area contributed by atoms with Crippen molar-refractivity contribution < 1.29 is 24.1 Å². The first-order chi connectivity index (χ1) is 12.6. The minimum Gasteiger partial charge on any atom is -0.497 e. The van der Waals surface area contributed by atoms with Crippen molar-refractivity contribution in [2.24, 2.45) is 0 Å². The van der Waals surface area contributed by atoms with Gasteiger partial charge in [-0.05, 0) is 35.9 Å². The van der Waals surface area contributed by atoms with E-state index in [2.05, 4.69) is 5.32 Å². The third-order valence-corrected chi connectivity index (χ3v) is 5.41. The summed E-state index contributed by atoms with van der Waals surface area (Å²) in [6.45, 7) is 0.358. The SMILES string of the molecule is COc1ccc(OC)c(COc2ccc([C@H]3N[C@@H](C(=O)O)CS3)cc2)c1. The fraction of sp³-hybridized carbons (Fsp3) is 0.316. The van der Waals surface area contributed by atoms with Gasteiger partial charge in [0, 0.05) is 11.3 Å². The van der Waals surface area contributed by atoms with Gasteiger partial charge in [-0.2, -0.15) is 0 Å². The lowest BCUT2D eigenvalue weighted by Gasteiger charge is -2.14. The molecule has 3 rings (SSSR count). The van der Waals surface area contributed by atoms with Crippen LogP contribution in [0.4, 0.5) is 0 Å². The summed E-state index contributed by atoms with van der Waals surface area (Å²) in [5.41, 5.74) is 1.93. The van der Waals surface area contributed by atoms with Gasteiger partial charge in [0.05, 0.1) is 19.6 Å². The summed E-state index contributed by atoms with van der Waals surface area (Å²) in [5, 5.41) is 12.2. The van der Waals surface area contributed by atoms with E-state index in [4.69, 9.17) is 19.3 Å². The standard InChI is InChI=1S/C19H21NO5S/c1-23-15-7-8-17(24-2)13(9-15)10-25-14-5-3-12(4-6-14)18-20-16(11-26-18)19(21)22/h3-9,16,18,20H,10-11H2,1-2H3,(H,21,22)/t16-,18+/m1/s1. The van der Waals surface area contributed by atoms with E-state index in [9.17, 15) is 4.79 Å². The number of rotatable bonds is 7. The van der Waals surface area contributed by atoms with E-state index in [0.29, 0.717) is 12.4 Å². The van der Waals surface area contributed by atoms with E-state index in [-0.39, 0.29) is 5.37 Å². The maximum absolute atomic E-state index is 11.0. The number of carbonyl (C=O) groups is 1. The van der Waals surface area contributed by atoms with Gasteiger partial charge >= 0.3 is 5.97 Å². The number of carboxylic acids is 1. The van der Waals surface area contributed by atoms with Crippen LogP contribution >= 0.6 is 11.8 Å². The fourth-order valence-electron chi connectivity index (χ4n) is 2.70. The number of benzene rings is 2. The number of hydrogen-bond acceptors (Lipinski definition) is 6. The molecule has 0 aliphatic carbocycles. The quantitative estimate of drug-likeness (QED) is 0.770. The predicted octanol–water partition coefficient (Wildman–Crippen LogP) is 3.07. The molecule has 1 saturated heterocycles. The van der Waals surface area contributed by atoms with Gasteiger partial charge in [0.15, 0.2) is 0 Å². The minimum atomic E-state index is -0.813. The predicted molar refractivity (Wildman–Crippen MR) is 100 cm³/mol. The average Bonchev–Trinajstić information content (AvgIpc) is 3.17. The topological polar surface area (TPSA) is 77.0 Å². The van der Waals surface area contributed by atoms with Crippen LogP contribution in [-0.2, 0) is 11.4 Å². The Balaban J connectivity index is 1.63. The van der Waals surface area contributed by atoms with Crippen LogP contribution < -0.4 is 19.5 Å².